The lowest BCUT2D eigenvalue weighted by molar-refractivity contribution is -0.137. The fourth-order valence-corrected chi connectivity index (χ4v) is 4.00. The van der Waals surface area contributed by atoms with Crippen LogP contribution in [0.4, 0.5) is 22.0 Å². The minimum atomic E-state index is -4.48. The Labute approximate surface area is 188 Å². The molecule has 2 bridgehead atoms. The molecule has 1 fully saturated rings. The summed E-state index contributed by atoms with van der Waals surface area (Å²) in [6.07, 6.45) is -7.77. The van der Waals surface area contributed by atoms with E-state index in [9.17, 15) is 36.6 Å². The third-order valence-electron chi connectivity index (χ3n) is 5.58. The molecule has 1 atom stereocenters. The Bertz CT molecular complexity index is 1120. The first-order valence-corrected chi connectivity index (χ1v) is 10.0. The standard InChI is InChI=1S/C21H18F5N3O5/c22-18(23)13-5-15(34-29-13)19(32)28-20-6-10(7-20)17(14(30)8-20)27-16(31)9-33-12-3-1-11(2-4-12)21(24,25)26/h1-5,14,18,30H,6-9H2,(H,27,31)(H,28,32)/t14-/m0/s1. The number of hydrogen-bond donors (Lipinski definition) is 3. The monoisotopic (exact) mass is 487 g/mol. The SMILES string of the molecule is O=C(COc1ccc(C(F)(F)F)cc1)NC1=C2CC(NC(=O)c3cc(C(F)F)no3)(C2)C[C@@H]1O. The van der Waals surface area contributed by atoms with Gasteiger partial charge >= 0.3 is 6.18 Å². The van der Waals surface area contributed by atoms with Crippen molar-refractivity contribution >= 4 is 11.8 Å². The van der Waals surface area contributed by atoms with E-state index in [4.69, 9.17) is 4.74 Å². The number of rotatable bonds is 7. The van der Waals surface area contributed by atoms with E-state index in [1.807, 2.05) is 0 Å². The molecule has 1 aromatic carbocycles. The van der Waals surface area contributed by atoms with Gasteiger partial charge in [-0.3, -0.25) is 9.59 Å². The lowest BCUT2D eigenvalue weighted by Crippen LogP contribution is -2.61. The Hall–Kier alpha value is -3.48. The van der Waals surface area contributed by atoms with Gasteiger partial charge < -0.3 is 25.0 Å². The van der Waals surface area contributed by atoms with Gasteiger partial charge in [0.2, 0.25) is 5.76 Å². The van der Waals surface area contributed by atoms with Crippen molar-refractivity contribution in [3.63, 3.8) is 0 Å². The average Bonchev–Trinajstić information content (AvgIpc) is 3.24. The Balaban J connectivity index is 1.31. The molecular weight excluding hydrogens is 469 g/mol. The molecule has 34 heavy (non-hydrogen) atoms. The third-order valence-corrected chi connectivity index (χ3v) is 5.58. The van der Waals surface area contributed by atoms with Gasteiger partial charge in [0, 0.05) is 18.2 Å². The number of fused-ring (bicyclic) bond motifs is 2. The number of aliphatic hydroxyl groups is 1. The highest BCUT2D eigenvalue weighted by Gasteiger charge is 2.50. The van der Waals surface area contributed by atoms with Crippen LogP contribution in [0, 0.1) is 0 Å². The van der Waals surface area contributed by atoms with Crippen LogP contribution in [0.5, 0.6) is 5.75 Å². The quantitative estimate of drug-likeness (QED) is 0.518. The molecule has 8 nitrogen and oxygen atoms in total. The van der Waals surface area contributed by atoms with E-state index in [-0.39, 0.29) is 23.6 Å². The number of ether oxygens (including phenoxy) is 1. The summed E-state index contributed by atoms with van der Waals surface area (Å²) < 4.78 is 72.8. The second-order valence-electron chi connectivity index (χ2n) is 8.10. The summed E-state index contributed by atoms with van der Waals surface area (Å²) >= 11 is 0. The van der Waals surface area contributed by atoms with Crippen LogP contribution in [0.3, 0.4) is 0 Å². The first kappa shape index (κ1) is 23.7. The molecule has 182 valence electrons. The van der Waals surface area contributed by atoms with E-state index in [0.717, 1.165) is 30.3 Å². The van der Waals surface area contributed by atoms with Crippen LogP contribution in [0.15, 0.2) is 46.1 Å². The zero-order chi connectivity index (χ0) is 24.7. The van der Waals surface area contributed by atoms with Crippen molar-refractivity contribution in [3.05, 3.63) is 58.6 Å². The van der Waals surface area contributed by atoms with Gasteiger partial charge in [-0.25, -0.2) is 8.78 Å². The smallest absolute Gasteiger partial charge is 0.416 e. The molecule has 13 heteroatoms. The molecule has 0 aliphatic heterocycles. The zero-order valence-electron chi connectivity index (χ0n) is 17.3. The maximum Gasteiger partial charge on any atom is 0.416 e. The Morgan fingerprint density at radius 1 is 1.24 bits per heavy atom. The summed E-state index contributed by atoms with van der Waals surface area (Å²) in [7, 11) is 0. The van der Waals surface area contributed by atoms with E-state index in [1.54, 1.807) is 0 Å². The molecule has 1 saturated carbocycles. The van der Waals surface area contributed by atoms with Crippen LogP contribution in [-0.2, 0) is 11.0 Å². The lowest BCUT2D eigenvalue weighted by atomic mass is 9.63. The molecule has 0 radical (unpaired) electrons. The highest BCUT2D eigenvalue weighted by Crippen LogP contribution is 2.48. The molecule has 3 N–H and O–H groups in total. The van der Waals surface area contributed by atoms with Gasteiger partial charge in [0.15, 0.2) is 12.3 Å². The first-order chi connectivity index (χ1) is 16.0. The normalized spacial score (nSPS) is 21.8. The Morgan fingerprint density at radius 2 is 1.91 bits per heavy atom. The van der Waals surface area contributed by atoms with Gasteiger partial charge in [-0.15, -0.1) is 0 Å². The van der Waals surface area contributed by atoms with Crippen LogP contribution < -0.4 is 15.4 Å². The second-order valence-corrected chi connectivity index (χ2v) is 8.10. The summed E-state index contributed by atoms with van der Waals surface area (Å²) in [5, 5.41) is 18.8. The van der Waals surface area contributed by atoms with Crippen molar-refractivity contribution in [1.82, 2.24) is 15.8 Å². The minimum Gasteiger partial charge on any atom is -0.484 e. The number of alkyl halides is 5. The minimum absolute atomic E-state index is 0.0630. The number of amides is 2. The van der Waals surface area contributed by atoms with E-state index < -0.39 is 53.9 Å². The maximum absolute atomic E-state index is 12.6. The van der Waals surface area contributed by atoms with E-state index in [2.05, 4.69) is 20.3 Å². The molecular formula is C21H18F5N3O5. The number of nitrogens with one attached hydrogen (secondary N) is 2. The van der Waals surface area contributed by atoms with Gasteiger partial charge in [-0.05, 0) is 42.7 Å². The van der Waals surface area contributed by atoms with Crippen molar-refractivity contribution < 1.29 is 45.9 Å². The Morgan fingerprint density at radius 3 is 2.47 bits per heavy atom. The van der Waals surface area contributed by atoms with Crippen LogP contribution in [0.1, 0.15) is 47.5 Å². The molecule has 0 spiro atoms. The van der Waals surface area contributed by atoms with Gasteiger partial charge in [-0.2, -0.15) is 13.2 Å². The zero-order valence-corrected chi connectivity index (χ0v) is 17.3. The summed E-state index contributed by atoms with van der Waals surface area (Å²) in [6.45, 7) is -0.491. The second kappa shape index (κ2) is 8.70. The topological polar surface area (TPSA) is 114 Å². The van der Waals surface area contributed by atoms with Crippen molar-refractivity contribution in [1.29, 1.82) is 0 Å². The van der Waals surface area contributed by atoms with Crippen molar-refractivity contribution in [2.24, 2.45) is 0 Å². The van der Waals surface area contributed by atoms with Crippen LogP contribution in [-0.4, -0.2) is 40.3 Å². The van der Waals surface area contributed by atoms with Gasteiger partial charge in [0.25, 0.3) is 18.2 Å². The molecule has 1 aromatic heterocycles. The van der Waals surface area contributed by atoms with E-state index in [0.29, 0.717) is 18.4 Å². The summed E-state index contributed by atoms with van der Waals surface area (Å²) in [4.78, 5) is 24.5. The summed E-state index contributed by atoms with van der Waals surface area (Å²) in [6, 6.07) is 4.69. The maximum atomic E-state index is 12.6. The van der Waals surface area contributed by atoms with E-state index in [1.165, 1.54) is 0 Å². The lowest BCUT2D eigenvalue weighted by Gasteiger charge is -2.51. The molecule has 2 aromatic rings. The van der Waals surface area contributed by atoms with Crippen LogP contribution >= 0.6 is 0 Å². The molecule has 1 heterocycles. The van der Waals surface area contributed by atoms with Gasteiger partial charge in [0.1, 0.15) is 5.75 Å². The molecule has 3 aliphatic rings. The number of aromatic nitrogens is 1. The van der Waals surface area contributed by atoms with Crippen molar-refractivity contribution in [2.45, 2.75) is 43.5 Å². The Kier molecular flexibility index (Phi) is 6.06. The predicted octanol–water partition coefficient (Wildman–Crippen LogP) is 3.11. The predicted molar refractivity (Wildman–Crippen MR) is 104 cm³/mol. The number of carbonyl (C=O) groups excluding carboxylic acids is 2. The van der Waals surface area contributed by atoms with Gasteiger partial charge in [-0.1, -0.05) is 5.16 Å². The molecule has 0 saturated heterocycles. The molecule has 3 aliphatic carbocycles. The highest BCUT2D eigenvalue weighted by molar-refractivity contribution is 5.92. The molecule has 2 amide bonds. The number of nitrogens with zero attached hydrogens (tertiary/aromatic N) is 1. The fraction of sp³-hybridized carbons (Fsp3) is 0.381. The third kappa shape index (κ3) is 4.88. The highest BCUT2D eigenvalue weighted by atomic mass is 19.4. The van der Waals surface area contributed by atoms with E-state index >= 15 is 0 Å². The molecule has 0 unspecified atom stereocenters. The average molecular weight is 487 g/mol. The number of carbonyl (C=O) groups is 2. The number of halogens is 5. The molecule has 5 rings (SSSR count). The van der Waals surface area contributed by atoms with Crippen molar-refractivity contribution in [2.75, 3.05) is 6.61 Å². The first-order valence-electron chi connectivity index (χ1n) is 10.0. The van der Waals surface area contributed by atoms with Crippen LogP contribution in [0.2, 0.25) is 0 Å². The largest absolute Gasteiger partial charge is 0.484 e. The van der Waals surface area contributed by atoms with Crippen LogP contribution in [0.25, 0.3) is 0 Å². The number of aliphatic hydroxyl groups excluding tert-OH is 1. The number of hydrogen-bond acceptors (Lipinski definition) is 6. The summed E-state index contributed by atoms with van der Waals surface area (Å²) in [5.74, 6) is -1.68. The fourth-order valence-electron chi connectivity index (χ4n) is 4.00. The summed E-state index contributed by atoms with van der Waals surface area (Å²) in [5.41, 5.74) is -1.36. The number of benzene rings is 1. The van der Waals surface area contributed by atoms with Gasteiger partial charge in [0.05, 0.1) is 17.2 Å². The van der Waals surface area contributed by atoms with Crippen molar-refractivity contribution in [3.8, 4) is 5.75 Å².